The number of fused-ring (bicyclic) bond motifs is 2. The highest BCUT2D eigenvalue weighted by atomic mass is 16.5. The number of ether oxygens (including phenoxy) is 2. The first-order valence-electron chi connectivity index (χ1n) is 9.10. The van der Waals surface area contributed by atoms with Crippen LogP contribution >= 0.6 is 0 Å². The van der Waals surface area contributed by atoms with Crippen molar-refractivity contribution in [1.82, 2.24) is 0 Å². The molecule has 0 spiro atoms. The summed E-state index contributed by atoms with van der Waals surface area (Å²) in [6.07, 6.45) is 0. The maximum Gasteiger partial charge on any atom is 0.126 e. The van der Waals surface area contributed by atoms with Crippen LogP contribution in [-0.4, -0.2) is 28.3 Å². The molecule has 0 fully saturated rings. The fraction of sp³-hybridized carbons (Fsp3) is 0.167. The number of anilines is 2. The Hall–Kier alpha value is -3.40. The van der Waals surface area contributed by atoms with E-state index in [4.69, 9.17) is 15.2 Å². The fourth-order valence-electron chi connectivity index (χ4n) is 3.15. The third-order valence-electron chi connectivity index (χ3n) is 4.64. The summed E-state index contributed by atoms with van der Waals surface area (Å²) in [6.45, 7) is 0. The lowest BCUT2D eigenvalue weighted by Crippen LogP contribution is -2.08. The number of nitrogen functional groups attached to an aromatic ring is 1. The third-order valence-corrected chi connectivity index (χ3v) is 4.64. The summed E-state index contributed by atoms with van der Waals surface area (Å²) in [5, 5.41) is 4.57. The smallest absolute Gasteiger partial charge is 0.126 e. The predicted molar refractivity (Wildman–Crippen MR) is 120 cm³/mol. The lowest BCUT2D eigenvalue weighted by molar-refractivity contribution is 0.419. The van der Waals surface area contributed by atoms with E-state index < -0.39 is 0 Å². The van der Waals surface area contributed by atoms with Gasteiger partial charge in [-0.2, -0.15) is 0 Å². The Balaban J connectivity index is 0.000000162. The van der Waals surface area contributed by atoms with Crippen molar-refractivity contribution < 1.29 is 9.47 Å². The Morgan fingerprint density at radius 2 is 1.21 bits per heavy atom. The number of rotatable bonds is 3. The molecule has 0 saturated heterocycles. The summed E-state index contributed by atoms with van der Waals surface area (Å²) in [7, 11) is 7.46. The van der Waals surface area contributed by atoms with Gasteiger partial charge in [0.05, 0.1) is 14.2 Å². The van der Waals surface area contributed by atoms with Crippen molar-refractivity contribution in [2.24, 2.45) is 0 Å². The van der Waals surface area contributed by atoms with E-state index >= 15 is 0 Å². The van der Waals surface area contributed by atoms with Gasteiger partial charge in [0.25, 0.3) is 0 Å². The van der Waals surface area contributed by atoms with E-state index in [-0.39, 0.29) is 0 Å². The van der Waals surface area contributed by atoms with Crippen LogP contribution in [0.1, 0.15) is 0 Å². The minimum Gasteiger partial charge on any atom is -0.496 e. The Morgan fingerprint density at radius 1 is 0.679 bits per heavy atom. The number of benzene rings is 4. The second-order valence-corrected chi connectivity index (χ2v) is 6.70. The van der Waals surface area contributed by atoms with Gasteiger partial charge in [0.2, 0.25) is 0 Å². The van der Waals surface area contributed by atoms with Crippen LogP contribution in [0.4, 0.5) is 11.4 Å². The molecule has 4 aromatic carbocycles. The summed E-state index contributed by atoms with van der Waals surface area (Å²) < 4.78 is 10.5. The molecule has 0 amide bonds. The van der Waals surface area contributed by atoms with Crippen LogP contribution < -0.4 is 20.1 Å². The quantitative estimate of drug-likeness (QED) is 0.491. The molecular weight excluding hydrogens is 348 g/mol. The monoisotopic (exact) mass is 374 g/mol. The number of hydrogen-bond acceptors (Lipinski definition) is 4. The Bertz CT molecular complexity index is 1090. The SMILES string of the molecule is COc1cccc2cc(N(C)C)ccc12.COc1cccc2cc(N)ccc12. The minimum atomic E-state index is 0.778. The molecule has 0 unspecified atom stereocenters. The molecule has 0 aliphatic rings. The molecule has 0 aliphatic heterocycles. The van der Waals surface area contributed by atoms with E-state index in [9.17, 15) is 0 Å². The third kappa shape index (κ3) is 4.12. The molecule has 28 heavy (non-hydrogen) atoms. The van der Waals surface area contributed by atoms with E-state index in [1.165, 1.54) is 11.1 Å². The lowest BCUT2D eigenvalue weighted by atomic mass is 10.1. The zero-order chi connectivity index (χ0) is 20.1. The summed E-state index contributed by atoms with van der Waals surface area (Å²) in [4.78, 5) is 2.10. The van der Waals surface area contributed by atoms with Crippen molar-refractivity contribution in [3.8, 4) is 11.5 Å². The van der Waals surface area contributed by atoms with Crippen molar-refractivity contribution in [2.45, 2.75) is 0 Å². The van der Waals surface area contributed by atoms with Crippen LogP contribution in [0, 0.1) is 0 Å². The predicted octanol–water partition coefficient (Wildman–Crippen LogP) is 5.35. The molecule has 4 heteroatoms. The van der Waals surface area contributed by atoms with Gasteiger partial charge >= 0.3 is 0 Å². The van der Waals surface area contributed by atoms with Crippen LogP contribution in [0.25, 0.3) is 21.5 Å². The molecule has 0 radical (unpaired) electrons. The highest BCUT2D eigenvalue weighted by Gasteiger charge is 2.02. The number of methoxy groups -OCH3 is 2. The lowest BCUT2D eigenvalue weighted by Gasteiger charge is -2.13. The molecule has 4 rings (SSSR count). The average Bonchev–Trinajstić information content (AvgIpc) is 2.72. The zero-order valence-electron chi connectivity index (χ0n) is 16.8. The van der Waals surface area contributed by atoms with Gasteiger partial charge in [0, 0.05) is 36.2 Å². The molecule has 4 nitrogen and oxygen atoms in total. The molecule has 4 aromatic rings. The van der Waals surface area contributed by atoms with Gasteiger partial charge < -0.3 is 20.1 Å². The van der Waals surface area contributed by atoms with E-state index in [1.54, 1.807) is 14.2 Å². The summed E-state index contributed by atoms with van der Waals surface area (Å²) in [5.74, 6) is 1.82. The largest absolute Gasteiger partial charge is 0.496 e. The Morgan fingerprint density at radius 3 is 1.75 bits per heavy atom. The van der Waals surface area contributed by atoms with Crippen LogP contribution in [0.2, 0.25) is 0 Å². The van der Waals surface area contributed by atoms with Gasteiger partial charge in [-0.05, 0) is 59.3 Å². The topological polar surface area (TPSA) is 47.7 Å². The van der Waals surface area contributed by atoms with Crippen LogP contribution in [0.5, 0.6) is 11.5 Å². The molecule has 2 N–H and O–H groups in total. The molecule has 0 aliphatic carbocycles. The Labute approximate surface area is 166 Å². The maximum absolute atomic E-state index is 5.67. The van der Waals surface area contributed by atoms with Gasteiger partial charge in [-0.1, -0.05) is 24.3 Å². The molecule has 144 valence electrons. The molecule has 0 bridgehead atoms. The van der Waals surface area contributed by atoms with E-state index in [2.05, 4.69) is 29.2 Å². The standard InChI is InChI=1S/C13H15NO.C11H11NO/c1-14(2)11-7-8-12-10(9-11)5-4-6-13(12)15-3;1-13-11-4-2-3-8-7-9(12)5-6-10(8)11/h4-9H,1-3H3;2-7H,12H2,1H3. The summed E-state index contributed by atoms with van der Waals surface area (Å²) >= 11 is 0. The normalized spacial score (nSPS) is 10.3. The first kappa shape index (κ1) is 19.4. The average molecular weight is 374 g/mol. The van der Waals surface area contributed by atoms with Crippen molar-refractivity contribution in [3.63, 3.8) is 0 Å². The van der Waals surface area contributed by atoms with Crippen molar-refractivity contribution in [2.75, 3.05) is 38.9 Å². The van der Waals surface area contributed by atoms with Gasteiger partial charge in [-0.3, -0.25) is 0 Å². The molecule has 0 saturated carbocycles. The number of nitrogens with two attached hydrogens (primary N) is 1. The molecule has 0 aromatic heterocycles. The van der Waals surface area contributed by atoms with Crippen molar-refractivity contribution >= 4 is 32.9 Å². The van der Waals surface area contributed by atoms with Gasteiger partial charge in [0.1, 0.15) is 11.5 Å². The van der Waals surface area contributed by atoms with Gasteiger partial charge in [-0.25, -0.2) is 0 Å². The Kier molecular flexibility index (Phi) is 5.90. The molecule has 0 atom stereocenters. The van der Waals surface area contributed by atoms with Crippen molar-refractivity contribution in [1.29, 1.82) is 0 Å². The molecule has 0 heterocycles. The first-order valence-corrected chi connectivity index (χ1v) is 9.10. The number of nitrogens with zero attached hydrogens (tertiary/aromatic N) is 1. The first-order chi connectivity index (χ1) is 13.5. The van der Waals surface area contributed by atoms with Gasteiger partial charge in [0.15, 0.2) is 0 Å². The van der Waals surface area contributed by atoms with E-state index in [0.717, 1.165) is 33.3 Å². The number of hydrogen-bond donors (Lipinski definition) is 1. The van der Waals surface area contributed by atoms with E-state index in [0.29, 0.717) is 0 Å². The van der Waals surface area contributed by atoms with Gasteiger partial charge in [-0.15, -0.1) is 0 Å². The van der Waals surface area contributed by atoms with E-state index in [1.807, 2.05) is 62.6 Å². The minimum absolute atomic E-state index is 0.778. The highest BCUT2D eigenvalue weighted by molar-refractivity contribution is 5.91. The van der Waals surface area contributed by atoms with Crippen molar-refractivity contribution in [3.05, 3.63) is 72.8 Å². The van der Waals surface area contributed by atoms with Crippen LogP contribution in [0.3, 0.4) is 0 Å². The van der Waals surface area contributed by atoms with Crippen LogP contribution in [-0.2, 0) is 0 Å². The second-order valence-electron chi connectivity index (χ2n) is 6.70. The molecular formula is C24H26N2O2. The fourth-order valence-corrected chi connectivity index (χ4v) is 3.15. The maximum atomic E-state index is 5.67. The van der Waals surface area contributed by atoms with Crippen LogP contribution in [0.15, 0.2) is 72.8 Å². The summed E-state index contributed by atoms with van der Waals surface area (Å²) in [6, 6.07) is 24.2. The summed E-state index contributed by atoms with van der Waals surface area (Å²) in [5.41, 5.74) is 7.66. The second kappa shape index (κ2) is 8.53. The zero-order valence-corrected chi connectivity index (χ0v) is 16.8. The highest BCUT2D eigenvalue weighted by Crippen LogP contribution is 2.28.